The van der Waals surface area contributed by atoms with Gasteiger partial charge < -0.3 is 4.90 Å². The Balaban J connectivity index is 1.68. The van der Waals surface area contributed by atoms with Gasteiger partial charge in [-0.15, -0.1) is 11.3 Å². The van der Waals surface area contributed by atoms with E-state index in [0.717, 1.165) is 42.4 Å². The zero-order chi connectivity index (χ0) is 24.3. The highest BCUT2D eigenvalue weighted by atomic mass is 32.2. The van der Waals surface area contributed by atoms with Gasteiger partial charge in [-0.1, -0.05) is 36.8 Å². The van der Waals surface area contributed by atoms with Crippen LogP contribution in [0, 0.1) is 0 Å². The molecule has 0 spiro atoms. The van der Waals surface area contributed by atoms with E-state index in [0.29, 0.717) is 28.9 Å². The molecule has 0 N–H and O–H groups in total. The molecule has 1 aliphatic heterocycles. The van der Waals surface area contributed by atoms with Crippen LogP contribution in [-0.4, -0.2) is 68.3 Å². The Hall–Kier alpha value is -1.85. The second-order valence-corrected chi connectivity index (χ2v) is 12.9. The smallest absolute Gasteiger partial charge is 0.253 e. The monoisotopic (exact) mass is 520 g/mol. The Kier molecular flexibility index (Phi) is 8.04. The highest BCUT2D eigenvalue weighted by molar-refractivity contribution is 7.91. The summed E-state index contributed by atoms with van der Waals surface area (Å²) in [6.45, 7) is 3.81. The van der Waals surface area contributed by atoms with Crippen LogP contribution in [0.4, 0.5) is 5.13 Å². The number of rotatable bonds is 9. The molecule has 7 nitrogen and oxygen atoms in total. The molecule has 1 unspecified atom stereocenters. The van der Waals surface area contributed by atoms with Crippen molar-refractivity contribution in [3.05, 3.63) is 41.3 Å². The molecule has 1 fully saturated rings. The summed E-state index contributed by atoms with van der Waals surface area (Å²) in [5.41, 5.74) is 2.10. The molecular weight excluding hydrogens is 488 g/mol. The number of amides is 1. The van der Waals surface area contributed by atoms with Crippen molar-refractivity contribution >= 4 is 54.0 Å². The van der Waals surface area contributed by atoms with Crippen LogP contribution < -0.4 is 4.90 Å². The van der Waals surface area contributed by atoms with Crippen LogP contribution in [0.3, 0.4) is 0 Å². The molecule has 184 valence electrons. The lowest BCUT2D eigenvalue weighted by Crippen LogP contribution is -2.53. The van der Waals surface area contributed by atoms with Gasteiger partial charge in [0.15, 0.2) is 5.13 Å². The Labute approximate surface area is 210 Å². The number of thiophene rings is 1. The first-order valence-electron chi connectivity index (χ1n) is 11.7. The van der Waals surface area contributed by atoms with E-state index in [4.69, 9.17) is 4.98 Å². The summed E-state index contributed by atoms with van der Waals surface area (Å²) in [5.74, 6) is -0.173. The molecule has 0 saturated carbocycles. The largest absolute Gasteiger partial charge is 0.309 e. The highest BCUT2D eigenvalue weighted by Crippen LogP contribution is 2.33. The molecule has 10 heteroatoms. The van der Waals surface area contributed by atoms with Crippen LogP contribution in [0.1, 0.15) is 38.2 Å². The molecule has 1 aliphatic rings. The van der Waals surface area contributed by atoms with Gasteiger partial charge in [-0.05, 0) is 75.5 Å². The van der Waals surface area contributed by atoms with Crippen molar-refractivity contribution in [2.45, 2.75) is 49.3 Å². The van der Waals surface area contributed by atoms with E-state index in [2.05, 4.69) is 24.0 Å². The number of fused-ring (bicyclic) bond motifs is 1. The van der Waals surface area contributed by atoms with Gasteiger partial charge in [0.05, 0.1) is 10.2 Å². The van der Waals surface area contributed by atoms with Gasteiger partial charge in [0.2, 0.25) is 5.91 Å². The number of hydrogen-bond donors (Lipinski definition) is 0. The molecule has 0 radical (unpaired) electrons. The topological polar surface area (TPSA) is 73.8 Å². The first-order valence-corrected chi connectivity index (χ1v) is 14.9. The van der Waals surface area contributed by atoms with E-state index in [1.165, 1.54) is 32.5 Å². The van der Waals surface area contributed by atoms with Crippen LogP contribution in [0.5, 0.6) is 0 Å². The lowest BCUT2D eigenvalue weighted by atomic mass is 10.0. The van der Waals surface area contributed by atoms with Crippen LogP contribution in [0.25, 0.3) is 10.2 Å². The van der Waals surface area contributed by atoms with Gasteiger partial charge in [0.25, 0.3) is 10.0 Å². The van der Waals surface area contributed by atoms with Crippen LogP contribution >= 0.6 is 22.7 Å². The molecule has 0 bridgehead atoms. The Morgan fingerprint density at radius 2 is 2.03 bits per heavy atom. The van der Waals surface area contributed by atoms with Crippen LogP contribution in [-0.2, 0) is 21.2 Å². The first kappa shape index (κ1) is 25.2. The molecule has 1 aromatic carbocycles. The minimum atomic E-state index is -3.72. The number of carbonyl (C=O) groups excluding carboxylic acids is 1. The third-order valence-electron chi connectivity index (χ3n) is 6.13. The van der Waals surface area contributed by atoms with Crippen molar-refractivity contribution in [1.82, 2.24) is 14.2 Å². The van der Waals surface area contributed by atoms with Gasteiger partial charge in [-0.25, -0.2) is 13.4 Å². The van der Waals surface area contributed by atoms with E-state index >= 15 is 0 Å². The summed E-state index contributed by atoms with van der Waals surface area (Å²) in [5, 5.41) is 2.40. The summed E-state index contributed by atoms with van der Waals surface area (Å²) in [7, 11) is 0.296. The molecule has 1 atom stereocenters. The molecular formula is C24H32N4O3S3. The van der Waals surface area contributed by atoms with Crippen molar-refractivity contribution in [3.8, 4) is 0 Å². The number of thiazole rings is 1. The molecule has 2 aromatic heterocycles. The normalized spacial score (nSPS) is 17.5. The third-order valence-corrected chi connectivity index (χ3v) is 10.5. The lowest BCUT2D eigenvalue weighted by molar-refractivity contribution is -0.123. The Bertz CT molecular complexity index is 1220. The van der Waals surface area contributed by atoms with Gasteiger partial charge in [-0.3, -0.25) is 9.69 Å². The fraction of sp³-hybridized carbons (Fsp3) is 0.500. The SMILES string of the molecule is CCc1ccc2nc(N(CCCN(C)C)C(=O)C3CCCCN3S(=O)(=O)c3cccs3)sc2c1. The molecule has 1 saturated heterocycles. The summed E-state index contributed by atoms with van der Waals surface area (Å²) in [4.78, 5) is 22.6. The van der Waals surface area contributed by atoms with E-state index in [9.17, 15) is 13.2 Å². The van der Waals surface area contributed by atoms with Gasteiger partial charge in [0.1, 0.15) is 10.3 Å². The second kappa shape index (κ2) is 10.8. The highest BCUT2D eigenvalue weighted by Gasteiger charge is 2.40. The molecule has 1 amide bonds. The van der Waals surface area contributed by atoms with Gasteiger partial charge in [-0.2, -0.15) is 4.31 Å². The fourth-order valence-corrected chi connectivity index (χ4v) is 8.11. The third kappa shape index (κ3) is 5.36. The molecule has 3 heterocycles. The van der Waals surface area contributed by atoms with Gasteiger partial charge >= 0.3 is 0 Å². The number of piperidine rings is 1. The van der Waals surface area contributed by atoms with E-state index in [1.807, 2.05) is 20.2 Å². The second-order valence-electron chi connectivity index (χ2n) is 8.86. The number of hydrogen-bond acceptors (Lipinski definition) is 7. The van der Waals surface area contributed by atoms with E-state index < -0.39 is 16.1 Å². The Morgan fingerprint density at radius 3 is 2.74 bits per heavy atom. The number of sulfonamides is 1. The summed E-state index contributed by atoms with van der Waals surface area (Å²) >= 11 is 2.70. The number of aromatic nitrogens is 1. The van der Waals surface area contributed by atoms with E-state index in [-0.39, 0.29) is 5.91 Å². The van der Waals surface area contributed by atoms with Crippen molar-refractivity contribution in [2.24, 2.45) is 0 Å². The minimum absolute atomic E-state index is 0.173. The fourth-order valence-electron chi connectivity index (χ4n) is 4.28. The molecule has 4 rings (SSSR count). The van der Waals surface area contributed by atoms with Crippen molar-refractivity contribution in [1.29, 1.82) is 0 Å². The summed E-state index contributed by atoms with van der Waals surface area (Å²) < 4.78 is 29.5. The zero-order valence-electron chi connectivity index (χ0n) is 19.9. The van der Waals surface area contributed by atoms with Crippen LogP contribution in [0.2, 0.25) is 0 Å². The summed E-state index contributed by atoms with van der Waals surface area (Å²) in [6, 6.07) is 8.85. The molecule has 3 aromatic rings. The maximum absolute atomic E-state index is 14.0. The van der Waals surface area contributed by atoms with Crippen molar-refractivity contribution < 1.29 is 13.2 Å². The number of nitrogens with zero attached hydrogens (tertiary/aromatic N) is 4. The van der Waals surface area contributed by atoms with Crippen LogP contribution in [0.15, 0.2) is 39.9 Å². The van der Waals surface area contributed by atoms with Crippen molar-refractivity contribution in [3.63, 3.8) is 0 Å². The zero-order valence-corrected chi connectivity index (χ0v) is 22.4. The first-order chi connectivity index (χ1) is 16.3. The molecule has 0 aliphatic carbocycles. The number of anilines is 1. The predicted molar refractivity (Wildman–Crippen MR) is 140 cm³/mol. The molecule has 34 heavy (non-hydrogen) atoms. The number of carbonyl (C=O) groups is 1. The average Bonchev–Trinajstić information content (AvgIpc) is 3.51. The predicted octanol–water partition coefficient (Wildman–Crippen LogP) is 4.45. The maximum Gasteiger partial charge on any atom is 0.253 e. The minimum Gasteiger partial charge on any atom is -0.309 e. The quantitative estimate of drug-likeness (QED) is 0.417. The van der Waals surface area contributed by atoms with E-state index in [1.54, 1.807) is 22.4 Å². The van der Waals surface area contributed by atoms with Gasteiger partial charge in [0, 0.05) is 13.1 Å². The lowest BCUT2D eigenvalue weighted by Gasteiger charge is -2.36. The number of aryl methyl sites for hydroxylation is 1. The van der Waals surface area contributed by atoms with Crippen molar-refractivity contribution in [2.75, 3.05) is 38.6 Å². The number of benzene rings is 1. The summed E-state index contributed by atoms with van der Waals surface area (Å²) in [6.07, 6.45) is 3.83. The average molecular weight is 521 g/mol. The standard InChI is InChI=1S/C24H32N4O3S3/c1-4-18-11-12-19-21(17-18)33-24(25-19)27(14-8-13-26(2)3)23(29)20-9-5-6-15-28(20)34(30,31)22-10-7-16-32-22/h7,10-12,16-17,20H,4-6,8-9,13-15H2,1-3H3. The maximum atomic E-state index is 14.0. The Morgan fingerprint density at radius 1 is 1.21 bits per heavy atom.